The van der Waals surface area contributed by atoms with Crippen molar-refractivity contribution in [1.29, 1.82) is 0 Å². The molecule has 0 aromatic carbocycles. The largest absolute Gasteiger partial charge is 0.397 e. The summed E-state index contributed by atoms with van der Waals surface area (Å²) in [5.74, 6) is 0. The van der Waals surface area contributed by atoms with Gasteiger partial charge in [-0.1, -0.05) is 187 Å². The number of unbranched alkanes of at least 4 members (excludes halogenated alkanes) is 27. The molecule has 0 heterocycles. The van der Waals surface area contributed by atoms with Gasteiger partial charge in [0.1, 0.15) is 0 Å². The van der Waals surface area contributed by atoms with Crippen molar-refractivity contribution in [1.82, 2.24) is 0 Å². The van der Waals surface area contributed by atoms with E-state index in [0.717, 1.165) is 13.2 Å². The van der Waals surface area contributed by atoms with Crippen LogP contribution in [-0.2, 0) is 8.85 Å². The minimum Gasteiger partial charge on any atom is -0.397 e. The van der Waals surface area contributed by atoms with Crippen LogP contribution in [0.25, 0.3) is 0 Å². The molecule has 0 bridgehead atoms. The zero-order chi connectivity index (χ0) is 26.9. The molecule has 0 aliphatic carbocycles. The molecule has 0 spiro atoms. The fraction of sp³-hybridized carbons (Fsp3) is 1.00. The molecule has 0 atom stereocenters. The Labute approximate surface area is 237 Å². The second-order valence-corrected chi connectivity index (χ2v) is 13.8. The lowest BCUT2D eigenvalue weighted by Gasteiger charge is -2.14. The third-order valence-corrected chi connectivity index (χ3v) is 10.3. The Hall–Kier alpha value is 0.137. The molecule has 0 aromatic rings. The maximum absolute atomic E-state index is 5.76. The molecular formula is C34H72O2Si. The highest BCUT2D eigenvalue weighted by molar-refractivity contribution is 6.44. The van der Waals surface area contributed by atoms with E-state index in [-0.39, 0.29) is 0 Å². The van der Waals surface area contributed by atoms with Crippen LogP contribution in [0.15, 0.2) is 0 Å². The van der Waals surface area contributed by atoms with Gasteiger partial charge in [-0.05, 0) is 19.9 Å². The Morgan fingerprint density at radius 1 is 0.297 bits per heavy atom. The molecule has 37 heavy (non-hydrogen) atoms. The predicted octanol–water partition coefficient (Wildman–Crippen LogP) is 12.2. The smallest absolute Gasteiger partial charge is 0.321 e. The van der Waals surface area contributed by atoms with Crippen LogP contribution < -0.4 is 0 Å². The quantitative estimate of drug-likeness (QED) is 0.0608. The molecule has 3 heteroatoms. The zero-order valence-electron chi connectivity index (χ0n) is 26.3. The van der Waals surface area contributed by atoms with Crippen molar-refractivity contribution in [2.75, 3.05) is 13.2 Å². The van der Waals surface area contributed by atoms with Gasteiger partial charge < -0.3 is 8.85 Å². The standard InChI is InChI=1S/C34H72O2Si/c1-4-7-8-9-10-11-12-13-14-15-16-17-18-19-20-21-22-23-24-25-26-27-28-29-30-31-32-33-34-37(35-5-2)36-6-3/h37H,4-34H2,1-3H3. The fourth-order valence-corrected chi connectivity index (χ4v) is 7.36. The zero-order valence-corrected chi connectivity index (χ0v) is 27.5. The monoisotopic (exact) mass is 541 g/mol. The molecular weight excluding hydrogens is 468 g/mol. The SMILES string of the molecule is CCCCCCCCCCCCCCCCCCCCCCCCCCCCCC[SiH](OCC)OCC. The third kappa shape index (κ3) is 32.2. The van der Waals surface area contributed by atoms with Gasteiger partial charge >= 0.3 is 9.28 Å². The highest BCUT2D eigenvalue weighted by atomic mass is 28.3. The average Bonchev–Trinajstić information content (AvgIpc) is 2.90. The van der Waals surface area contributed by atoms with Crippen LogP contribution in [0.5, 0.6) is 0 Å². The molecule has 0 saturated heterocycles. The van der Waals surface area contributed by atoms with Crippen molar-refractivity contribution >= 4 is 9.28 Å². The van der Waals surface area contributed by atoms with Crippen molar-refractivity contribution in [3.8, 4) is 0 Å². The van der Waals surface area contributed by atoms with E-state index in [1.807, 2.05) is 0 Å². The van der Waals surface area contributed by atoms with E-state index in [1.165, 1.54) is 186 Å². The summed E-state index contributed by atoms with van der Waals surface area (Å²) in [6.07, 6.45) is 40.8. The number of rotatable bonds is 33. The van der Waals surface area contributed by atoms with E-state index in [9.17, 15) is 0 Å². The van der Waals surface area contributed by atoms with Gasteiger partial charge in [0.15, 0.2) is 0 Å². The van der Waals surface area contributed by atoms with E-state index < -0.39 is 9.28 Å². The van der Waals surface area contributed by atoms with Crippen LogP contribution in [0.3, 0.4) is 0 Å². The van der Waals surface area contributed by atoms with Crippen molar-refractivity contribution in [2.24, 2.45) is 0 Å². The van der Waals surface area contributed by atoms with Gasteiger partial charge in [0.05, 0.1) is 0 Å². The fourth-order valence-electron chi connectivity index (χ4n) is 5.57. The molecule has 0 saturated carbocycles. The van der Waals surface area contributed by atoms with Crippen LogP contribution >= 0.6 is 0 Å². The second-order valence-electron chi connectivity index (χ2n) is 11.7. The van der Waals surface area contributed by atoms with Gasteiger partial charge in [0.2, 0.25) is 0 Å². The lowest BCUT2D eigenvalue weighted by molar-refractivity contribution is 0.212. The molecule has 0 N–H and O–H groups in total. The summed E-state index contributed by atoms with van der Waals surface area (Å²) in [4.78, 5) is 0. The Morgan fingerprint density at radius 3 is 0.730 bits per heavy atom. The van der Waals surface area contributed by atoms with Gasteiger partial charge in [0.25, 0.3) is 0 Å². The first-order valence-corrected chi connectivity index (χ1v) is 19.3. The highest BCUT2D eigenvalue weighted by Crippen LogP contribution is 2.16. The van der Waals surface area contributed by atoms with Gasteiger partial charge in [-0.15, -0.1) is 0 Å². The van der Waals surface area contributed by atoms with Crippen molar-refractivity contribution < 1.29 is 8.85 Å². The minimum absolute atomic E-state index is 0.816. The molecule has 2 nitrogen and oxygen atoms in total. The second kappa shape index (κ2) is 34.2. The van der Waals surface area contributed by atoms with Crippen LogP contribution in [0, 0.1) is 0 Å². The summed E-state index contributed by atoms with van der Waals surface area (Å²) in [5.41, 5.74) is 0. The molecule has 0 unspecified atom stereocenters. The predicted molar refractivity (Wildman–Crippen MR) is 170 cm³/mol. The molecule has 0 fully saturated rings. The lowest BCUT2D eigenvalue weighted by Crippen LogP contribution is -2.22. The van der Waals surface area contributed by atoms with E-state index in [2.05, 4.69) is 20.8 Å². The van der Waals surface area contributed by atoms with Crippen molar-refractivity contribution in [3.63, 3.8) is 0 Å². The summed E-state index contributed by atoms with van der Waals surface area (Å²) < 4.78 is 11.5. The maximum atomic E-state index is 5.76. The van der Waals surface area contributed by atoms with Gasteiger partial charge in [-0.3, -0.25) is 0 Å². The molecule has 0 radical (unpaired) electrons. The van der Waals surface area contributed by atoms with Gasteiger partial charge in [0, 0.05) is 13.2 Å². The molecule has 0 amide bonds. The number of hydrogen-bond acceptors (Lipinski definition) is 2. The summed E-state index contributed by atoms with van der Waals surface area (Å²) in [7, 11) is -1.34. The van der Waals surface area contributed by atoms with E-state index in [0.29, 0.717) is 0 Å². The summed E-state index contributed by atoms with van der Waals surface area (Å²) in [5, 5.41) is 0. The highest BCUT2D eigenvalue weighted by Gasteiger charge is 2.10. The van der Waals surface area contributed by atoms with E-state index in [4.69, 9.17) is 8.85 Å². The Morgan fingerprint density at radius 2 is 0.514 bits per heavy atom. The topological polar surface area (TPSA) is 18.5 Å². The molecule has 0 aliphatic rings. The summed E-state index contributed by atoms with van der Waals surface area (Å²) in [6.45, 7) is 8.11. The molecule has 224 valence electrons. The Kier molecular flexibility index (Phi) is 34.3. The van der Waals surface area contributed by atoms with Crippen LogP contribution in [0.4, 0.5) is 0 Å². The van der Waals surface area contributed by atoms with E-state index >= 15 is 0 Å². The third-order valence-electron chi connectivity index (χ3n) is 8.00. The molecule has 0 aliphatic heterocycles. The first-order valence-electron chi connectivity index (χ1n) is 17.6. The first kappa shape index (κ1) is 37.1. The molecule has 0 rings (SSSR count). The van der Waals surface area contributed by atoms with Crippen molar-refractivity contribution in [2.45, 2.75) is 207 Å². The first-order chi connectivity index (χ1) is 18.3. The average molecular weight is 541 g/mol. The van der Waals surface area contributed by atoms with Gasteiger partial charge in [-0.2, -0.15) is 0 Å². The van der Waals surface area contributed by atoms with Crippen molar-refractivity contribution in [3.05, 3.63) is 0 Å². The maximum Gasteiger partial charge on any atom is 0.321 e. The number of hydrogen-bond donors (Lipinski definition) is 0. The Balaban J connectivity index is 3.10. The van der Waals surface area contributed by atoms with E-state index in [1.54, 1.807) is 0 Å². The molecule has 0 aromatic heterocycles. The lowest BCUT2D eigenvalue weighted by atomic mass is 10.0. The Bertz CT molecular complexity index is 384. The summed E-state index contributed by atoms with van der Waals surface area (Å²) >= 11 is 0. The summed E-state index contributed by atoms with van der Waals surface area (Å²) in [6, 6.07) is 1.20. The van der Waals surface area contributed by atoms with Gasteiger partial charge in [-0.25, -0.2) is 0 Å². The van der Waals surface area contributed by atoms with Crippen LogP contribution in [0.2, 0.25) is 6.04 Å². The minimum atomic E-state index is -1.34. The normalized spacial score (nSPS) is 11.7. The van der Waals surface area contributed by atoms with Crippen LogP contribution in [0.1, 0.15) is 201 Å². The van der Waals surface area contributed by atoms with Crippen LogP contribution in [-0.4, -0.2) is 22.5 Å².